The molecule has 3 rings (SSSR count). The summed E-state index contributed by atoms with van der Waals surface area (Å²) >= 11 is 1.19. The van der Waals surface area contributed by atoms with Crippen LogP contribution in [-0.2, 0) is 9.59 Å². The summed E-state index contributed by atoms with van der Waals surface area (Å²) < 4.78 is 0. The van der Waals surface area contributed by atoms with Crippen molar-refractivity contribution in [3.05, 3.63) is 76.8 Å². The molecule has 0 saturated heterocycles. The molecule has 0 radical (unpaired) electrons. The second-order valence-electron chi connectivity index (χ2n) is 6.22. The second-order valence-corrected chi connectivity index (χ2v) is 7.06. The molecule has 2 N–H and O–H groups in total. The van der Waals surface area contributed by atoms with Gasteiger partial charge in [0.05, 0.1) is 22.6 Å². The molecule has 1 heterocycles. The average molecular weight is 432 g/mol. The van der Waals surface area contributed by atoms with Crippen molar-refractivity contribution in [2.45, 2.75) is 6.92 Å². The Kier molecular flexibility index (Phi) is 6.54. The third-order valence-electron chi connectivity index (χ3n) is 4.09. The van der Waals surface area contributed by atoms with Crippen LogP contribution in [0.5, 0.6) is 0 Å². The van der Waals surface area contributed by atoms with E-state index in [2.05, 4.69) is 10.3 Å². The number of rotatable bonds is 6. The van der Waals surface area contributed by atoms with Crippen LogP contribution < -0.4 is 10.2 Å². The predicted octanol–water partition coefficient (Wildman–Crippen LogP) is 4.07. The van der Waals surface area contributed by atoms with Crippen LogP contribution in [0.4, 0.5) is 16.5 Å². The van der Waals surface area contributed by atoms with E-state index in [0.29, 0.717) is 16.5 Å². The number of hydrogen-bond donors (Lipinski definition) is 2. The SMILES string of the molecule is CC(=O)N(c1ccccc1)c1nc(/C=C(\C#N)C(=O)Nc2ccccc2C(=O)O)cs1. The number of hydrogen-bond acceptors (Lipinski definition) is 6. The molecule has 31 heavy (non-hydrogen) atoms. The fourth-order valence-corrected chi connectivity index (χ4v) is 3.56. The van der Waals surface area contributed by atoms with Crippen LogP contribution in [0.3, 0.4) is 0 Å². The van der Waals surface area contributed by atoms with Gasteiger partial charge in [-0.3, -0.25) is 14.5 Å². The molecule has 1 aromatic heterocycles. The number of amides is 2. The number of carboxylic acids is 1. The number of aromatic carboxylic acids is 1. The Morgan fingerprint density at radius 2 is 1.81 bits per heavy atom. The highest BCUT2D eigenvalue weighted by Gasteiger charge is 2.19. The monoisotopic (exact) mass is 432 g/mol. The standard InChI is InChI=1S/C22H16N4O4S/c1-14(27)26(17-7-3-2-4-8-17)22-24-16(13-31-22)11-15(12-23)20(28)25-19-10-6-5-9-18(19)21(29)30/h2-11,13H,1H3,(H,25,28)(H,29,30)/b15-11+. The Morgan fingerprint density at radius 1 is 1.13 bits per heavy atom. The molecule has 0 aliphatic carbocycles. The van der Waals surface area contributed by atoms with Crippen LogP contribution in [0.15, 0.2) is 65.6 Å². The molecular weight excluding hydrogens is 416 g/mol. The maximum atomic E-state index is 12.5. The molecule has 3 aromatic rings. The van der Waals surface area contributed by atoms with Gasteiger partial charge in [-0.15, -0.1) is 11.3 Å². The maximum absolute atomic E-state index is 12.5. The molecule has 2 amide bonds. The van der Waals surface area contributed by atoms with Gasteiger partial charge in [0, 0.05) is 12.3 Å². The quantitative estimate of drug-likeness (QED) is 0.447. The van der Waals surface area contributed by atoms with Gasteiger partial charge >= 0.3 is 5.97 Å². The van der Waals surface area contributed by atoms with E-state index in [4.69, 9.17) is 0 Å². The molecule has 0 spiro atoms. The number of thiazole rings is 1. The van der Waals surface area contributed by atoms with Crippen molar-refractivity contribution in [1.29, 1.82) is 5.26 Å². The van der Waals surface area contributed by atoms with E-state index in [1.807, 2.05) is 6.07 Å². The minimum atomic E-state index is -1.20. The van der Waals surface area contributed by atoms with Crippen molar-refractivity contribution in [2.75, 3.05) is 10.2 Å². The smallest absolute Gasteiger partial charge is 0.337 e. The van der Waals surface area contributed by atoms with E-state index < -0.39 is 11.9 Å². The second kappa shape index (κ2) is 9.47. The zero-order valence-electron chi connectivity index (χ0n) is 16.3. The average Bonchev–Trinajstić information content (AvgIpc) is 3.20. The van der Waals surface area contributed by atoms with Gasteiger partial charge in [0.2, 0.25) is 5.91 Å². The van der Waals surface area contributed by atoms with E-state index in [9.17, 15) is 24.8 Å². The normalized spacial score (nSPS) is 10.8. The minimum absolute atomic E-state index is 0.0759. The van der Waals surface area contributed by atoms with E-state index in [-0.39, 0.29) is 22.7 Å². The predicted molar refractivity (Wildman–Crippen MR) is 117 cm³/mol. The maximum Gasteiger partial charge on any atom is 0.337 e. The molecule has 0 aliphatic rings. The Hall–Kier alpha value is -4.29. The number of benzene rings is 2. The van der Waals surface area contributed by atoms with Crippen LogP contribution in [0.1, 0.15) is 23.0 Å². The molecule has 0 aliphatic heterocycles. The molecule has 9 heteroatoms. The highest BCUT2D eigenvalue weighted by atomic mass is 32.1. The van der Waals surface area contributed by atoms with Crippen LogP contribution in [0, 0.1) is 11.3 Å². The summed E-state index contributed by atoms with van der Waals surface area (Å²) in [4.78, 5) is 41.7. The molecule has 0 saturated carbocycles. The summed E-state index contributed by atoms with van der Waals surface area (Å²) in [6.07, 6.45) is 1.28. The van der Waals surface area contributed by atoms with Gasteiger partial charge in [-0.25, -0.2) is 9.78 Å². The van der Waals surface area contributed by atoms with Gasteiger partial charge < -0.3 is 10.4 Å². The van der Waals surface area contributed by atoms with Crippen LogP contribution in [-0.4, -0.2) is 27.9 Å². The number of carbonyl (C=O) groups is 3. The number of anilines is 3. The fourth-order valence-electron chi connectivity index (χ4n) is 2.71. The molecule has 154 valence electrons. The van der Waals surface area contributed by atoms with Crippen molar-refractivity contribution in [3.63, 3.8) is 0 Å². The number of nitrogens with one attached hydrogen (secondary N) is 1. The first-order valence-corrected chi connectivity index (χ1v) is 9.85. The number of carboxylic acid groups (broad SMARTS) is 1. The van der Waals surface area contributed by atoms with E-state index in [1.165, 1.54) is 47.4 Å². The Labute approximate surface area is 181 Å². The van der Waals surface area contributed by atoms with Crippen molar-refractivity contribution < 1.29 is 19.5 Å². The summed E-state index contributed by atoms with van der Waals surface area (Å²) in [5.74, 6) is -2.20. The van der Waals surface area contributed by atoms with Crippen LogP contribution >= 0.6 is 11.3 Å². The van der Waals surface area contributed by atoms with Crippen molar-refractivity contribution in [2.24, 2.45) is 0 Å². The molecule has 8 nitrogen and oxygen atoms in total. The number of aromatic nitrogens is 1. The largest absolute Gasteiger partial charge is 0.478 e. The van der Waals surface area contributed by atoms with Gasteiger partial charge in [-0.05, 0) is 30.3 Å². The summed E-state index contributed by atoms with van der Waals surface area (Å²) in [6.45, 7) is 1.41. The summed E-state index contributed by atoms with van der Waals surface area (Å²) in [6, 6.07) is 16.7. The van der Waals surface area contributed by atoms with Crippen molar-refractivity contribution in [3.8, 4) is 6.07 Å². The summed E-state index contributed by atoms with van der Waals surface area (Å²) in [5.41, 5.74) is 0.686. The lowest BCUT2D eigenvalue weighted by molar-refractivity contribution is -0.116. The lowest BCUT2D eigenvalue weighted by Gasteiger charge is -2.17. The first-order valence-electron chi connectivity index (χ1n) is 8.97. The lowest BCUT2D eigenvalue weighted by atomic mass is 10.1. The molecular formula is C22H16N4O4S. The molecule has 0 fully saturated rings. The summed E-state index contributed by atoms with van der Waals surface area (Å²) in [7, 11) is 0. The first-order chi connectivity index (χ1) is 14.9. The highest BCUT2D eigenvalue weighted by molar-refractivity contribution is 7.14. The molecule has 2 aromatic carbocycles. The van der Waals surface area contributed by atoms with Crippen molar-refractivity contribution >= 4 is 51.7 Å². The topological polar surface area (TPSA) is 123 Å². The van der Waals surface area contributed by atoms with Gasteiger partial charge in [-0.2, -0.15) is 5.26 Å². The van der Waals surface area contributed by atoms with Crippen LogP contribution in [0.25, 0.3) is 6.08 Å². The zero-order valence-corrected chi connectivity index (χ0v) is 17.1. The number of nitriles is 1. The minimum Gasteiger partial charge on any atom is -0.478 e. The molecule has 0 atom stereocenters. The fraction of sp³-hybridized carbons (Fsp3) is 0.0455. The number of para-hydroxylation sites is 2. The number of carbonyl (C=O) groups excluding carboxylic acids is 2. The Bertz CT molecular complexity index is 1210. The van der Waals surface area contributed by atoms with Crippen LogP contribution in [0.2, 0.25) is 0 Å². The molecule has 0 unspecified atom stereocenters. The third kappa shape index (κ3) is 5.01. The van der Waals surface area contributed by atoms with Gasteiger partial charge in [0.1, 0.15) is 11.6 Å². The number of nitrogens with zero attached hydrogens (tertiary/aromatic N) is 3. The zero-order chi connectivity index (χ0) is 22.4. The van der Waals surface area contributed by atoms with Crippen molar-refractivity contribution in [1.82, 2.24) is 4.98 Å². The molecule has 0 bridgehead atoms. The van der Waals surface area contributed by atoms with E-state index in [0.717, 1.165) is 0 Å². The highest BCUT2D eigenvalue weighted by Crippen LogP contribution is 2.29. The van der Waals surface area contributed by atoms with Gasteiger partial charge in [0.15, 0.2) is 5.13 Å². The van der Waals surface area contributed by atoms with E-state index >= 15 is 0 Å². The first kappa shape index (κ1) is 21.4. The summed E-state index contributed by atoms with van der Waals surface area (Å²) in [5, 5.41) is 23.1. The Balaban J connectivity index is 1.86. The Morgan fingerprint density at radius 3 is 2.45 bits per heavy atom. The van der Waals surface area contributed by atoms with Gasteiger partial charge in [0.25, 0.3) is 5.91 Å². The lowest BCUT2D eigenvalue weighted by Crippen LogP contribution is -2.22. The van der Waals surface area contributed by atoms with Gasteiger partial charge in [-0.1, -0.05) is 30.3 Å². The third-order valence-corrected chi connectivity index (χ3v) is 4.94. The van der Waals surface area contributed by atoms with E-state index in [1.54, 1.807) is 41.8 Å².